The highest BCUT2D eigenvalue weighted by molar-refractivity contribution is 6.06. The maximum atomic E-state index is 12.0. The van der Waals surface area contributed by atoms with E-state index in [0.29, 0.717) is 6.04 Å². The first-order chi connectivity index (χ1) is 9.57. The van der Waals surface area contributed by atoms with Crippen molar-refractivity contribution in [2.75, 3.05) is 5.32 Å². The van der Waals surface area contributed by atoms with Gasteiger partial charge in [0.1, 0.15) is 5.82 Å². The standard InChI is InChI=1S/C16H17N3O/c1-16(2)12-6-3-10(9-13(12)18-15(16)20)14-17-7-8-19(14)11-4-5-11/h3,6-9,11H,4-5H2,1-2H3,(H,18,20). The van der Waals surface area contributed by atoms with Crippen molar-refractivity contribution in [3.8, 4) is 11.4 Å². The summed E-state index contributed by atoms with van der Waals surface area (Å²) in [6.45, 7) is 3.91. The van der Waals surface area contributed by atoms with Crippen LogP contribution < -0.4 is 5.32 Å². The third kappa shape index (κ3) is 1.54. The van der Waals surface area contributed by atoms with Crippen molar-refractivity contribution in [3.63, 3.8) is 0 Å². The van der Waals surface area contributed by atoms with Crippen molar-refractivity contribution in [2.24, 2.45) is 0 Å². The maximum Gasteiger partial charge on any atom is 0.234 e. The highest BCUT2D eigenvalue weighted by atomic mass is 16.2. The molecule has 2 heterocycles. The number of fused-ring (bicyclic) bond motifs is 1. The first-order valence-electron chi connectivity index (χ1n) is 7.06. The summed E-state index contributed by atoms with van der Waals surface area (Å²) >= 11 is 0. The Labute approximate surface area is 117 Å². The lowest BCUT2D eigenvalue weighted by molar-refractivity contribution is -0.119. The molecule has 0 radical (unpaired) electrons. The Bertz CT molecular complexity index is 710. The summed E-state index contributed by atoms with van der Waals surface area (Å²) in [4.78, 5) is 16.5. The molecule has 1 aliphatic heterocycles. The van der Waals surface area contributed by atoms with Gasteiger partial charge in [0.05, 0.1) is 5.41 Å². The molecular formula is C16H17N3O. The number of nitrogens with zero attached hydrogens (tertiary/aromatic N) is 2. The number of anilines is 1. The fraction of sp³-hybridized carbons (Fsp3) is 0.375. The number of carbonyl (C=O) groups is 1. The van der Waals surface area contributed by atoms with Crippen molar-refractivity contribution in [1.82, 2.24) is 9.55 Å². The van der Waals surface area contributed by atoms with Crippen LogP contribution in [0.3, 0.4) is 0 Å². The number of nitrogens with one attached hydrogen (secondary N) is 1. The van der Waals surface area contributed by atoms with Crippen LogP contribution in [-0.2, 0) is 10.2 Å². The number of benzene rings is 1. The predicted molar refractivity (Wildman–Crippen MR) is 77.6 cm³/mol. The second-order valence-electron chi connectivity index (χ2n) is 6.23. The second-order valence-corrected chi connectivity index (χ2v) is 6.23. The van der Waals surface area contributed by atoms with Crippen LogP contribution in [0.15, 0.2) is 30.6 Å². The summed E-state index contributed by atoms with van der Waals surface area (Å²) < 4.78 is 2.24. The van der Waals surface area contributed by atoms with Crippen LogP contribution in [0.1, 0.15) is 38.3 Å². The Morgan fingerprint density at radius 1 is 1.35 bits per heavy atom. The van der Waals surface area contributed by atoms with Crippen molar-refractivity contribution in [2.45, 2.75) is 38.1 Å². The molecule has 1 aromatic heterocycles. The van der Waals surface area contributed by atoms with Gasteiger partial charge in [-0.1, -0.05) is 12.1 Å². The molecule has 1 aromatic carbocycles. The molecule has 0 unspecified atom stereocenters. The molecule has 1 amide bonds. The highest BCUT2D eigenvalue weighted by Crippen LogP contribution is 2.41. The Morgan fingerprint density at radius 2 is 2.15 bits per heavy atom. The fourth-order valence-corrected chi connectivity index (χ4v) is 2.92. The van der Waals surface area contributed by atoms with Gasteiger partial charge in [-0.15, -0.1) is 0 Å². The lowest BCUT2D eigenvalue weighted by Crippen LogP contribution is -2.26. The van der Waals surface area contributed by atoms with Gasteiger partial charge in [-0.25, -0.2) is 4.98 Å². The molecule has 0 bridgehead atoms. The summed E-state index contributed by atoms with van der Waals surface area (Å²) in [6, 6.07) is 6.77. The predicted octanol–water partition coefficient (Wildman–Crippen LogP) is 3.11. The van der Waals surface area contributed by atoms with Crippen molar-refractivity contribution < 1.29 is 4.79 Å². The molecule has 1 aliphatic carbocycles. The van der Waals surface area contributed by atoms with Gasteiger partial charge in [-0.05, 0) is 38.3 Å². The number of amides is 1. The zero-order chi connectivity index (χ0) is 13.9. The van der Waals surface area contributed by atoms with Gasteiger partial charge in [-0.3, -0.25) is 4.79 Å². The van der Waals surface area contributed by atoms with Crippen LogP contribution in [0.4, 0.5) is 5.69 Å². The molecule has 102 valence electrons. The molecule has 1 fully saturated rings. The molecule has 2 aliphatic rings. The van der Waals surface area contributed by atoms with Crippen molar-refractivity contribution in [3.05, 3.63) is 36.2 Å². The molecule has 0 saturated heterocycles. The number of aromatic nitrogens is 2. The van der Waals surface area contributed by atoms with Gasteiger partial charge in [0.25, 0.3) is 0 Å². The highest BCUT2D eigenvalue weighted by Gasteiger charge is 2.38. The van der Waals surface area contributed by atoms with E-state index in [4.69, 9.17) is 0 Å². The van der Waals surface area contributed by atoms with Crippen molar-refractivity contribution in [1.29, 1.82) is 0 Å². The van der Waals surface area contributed by atoms with E-state index in [1.165, 1.54) is 12.8 Å². The lowest BCUT2D eigenvalue weighted by Gasteiger charge is -2.15. The first kappa shape index (κ1) is 11.7. The zero-order valence-electron chi connectivity index (χ0n) is 11.7. The third-order valence-corrected chi connectivity index (χ3v) is 4.38. The lowest BCUT2D eigenvalue weighted by atomic mass is 9.86. The largest absolute Gasteiger partial charge is 0.328 e. The number of hydrogen-bond acceptors (Lipinski definition) is 2. The molecule has 1 saturated carbocycles. The van der Waals surface area contributed by atoms with Gasteiger partial charge in [0, 0.05) is 29.7 Å². The van der Waals surface area contributed by atoms with Gasteiger partial charge in [-0.2, -0.15) is 0 Å². The summed E-state index contributed by atoms with van der Waals surface area (Å²) in [7, 11) is 0. The van der Waals surface area contributed by atoms with Gasteiger partial charge in [0.15, 0.2) is 0 Å². The monoisotopic (exact) mass is 267 g/mol. The molecular weight excluding hydrogens is 250 g/mol. The van der Waals surface area contributed by atoms with Crippen LogP contribution in [0, 0.1) is 0 Å². The van der Waals surface area contributed by atoms with E-state index in [1.807, 2.05) is 32.3 Å². The quantitative estimate of drug-likeness (QED) is 0.908. The van der Waals surface area contributed by atoms with Crippen LogP contribution in [0.2, 0.25) is 0 Å². The van der Waals surface area contributed by atoms with E-state index < -0.39 is 5.41 Å². The minimum absolute atomic E-state index is 0.0650. The number of hydrogen-bond donors (Lipinski definition) is 1. The van der Waals surface area contributed by atoms with E-state index in [0.717, 1.165) is 22.6 Å². The Balaban J connectivity index is 1.80. The maximum absolute atomic E-state index is 12.0. The van der Waals surface area contributed by atoms with E-state index in [-0.39, 0.29) is 5.91 Å². The average molecular weight is 267 g/mol. The first-order valence-corrected chi connectivity index (χ1v) is 7.06. The molecule has 4 rings (SSSR count). The van der Waals surface area contributed by atoms with Crippen molar-refractivity contribution >= 4 is 11.6 Å². The topological polar surface area (TPSA) is 46.9 Å². The van der Waals surface area contributed by atoms with E-state index in [1.54, 1.807) is 0 Å². The minimum atomic E-state index is -0.445. The average Bonchev–Trinajstić information content (AvgIpc) is 3.10. The summed E-state index contributed by atoms with van der Waals surface area (Å²) in [6.07, 6.45) is 6.36. The Hall–Kier alpha value is -2.10. The fourth-order valence-electron chi connectivity index (χ4n) is 2.92. The van der Waals surface area contributed by atoms with E-state index >= 15 is 0 Å². The minimum Gasteiger partial charge on any atom is -0.328 e. The number of imidazole rings is 1. The van der Waals surface area contributed by atoms with Gasteiger partial charge < -0.3 is 9.88 Å². The van der Waals surface area contributed by atoms with Crippen LogP contribution in [-0.4, -0.2) is 15.5 Å². The van der Waals surface area contributed by atoms with E-state index in [9.17, 15) is 4.79 Å². The Morgan fingerprint density at radius 3 is 2.90 bits per heavy atom. The zero-order valence-corrected chi connectivity index (χ0v) is 11.7. The molecule has 1 N–H and O–H groups in total. The molecule has 0 atom stereocenters. The second kappa shape index (κ2) is 3.72. The summed E-state index contributed by atoms with van der Waals surface area (Å²) in [5, 5.41) is 2.98. The van der Waals surface area contributed by atoms with Crippen LogP contribution >= 0.6 is 0 Å². The number of carbonyl (C=O) groups excluding carboxylic acids is 1. The van der Waals surface area contributed by atoms with E-state index in [2.05, 4.69) is 27.0 Å². The SMILES string of the molecule is CC1(C)C(=O)Nc2cc(-c3nccn3C3CC3)ccc21. The number of rotatable bonds is 2. The molecule has 4 heteroatoms. The smallest absolute Gasteiger partial charge is 0.234 e. The van der Waals surface area contributed by atoms with Gasteiger partial charge in [0.2, 0.25) is 5.91 Å². The van der Waals surface area contributed by atoms with Crippen LogP contribution in [0.5, 0.6) is 0 Å². The Kier molecular flexibility index (Phi) is 2.18. The molecule has 2 aromatic rings. The molecule has 0 spiro atoms. The van der Waals surface area contributed by atoms with Gasteiger partial charge >= 0.3 is 0 Å². The third-order valence-electron chi connectivity index (χ3n) is 4.38. The summed E-state index contributed by atoms with van der Waals surface area (Å²) in [5.41, 5.74) is 2.61. The molecule has 4 nitrogen and oxygen atoms in total. The normalized spacial score (nSPS) is 19.8. The summed E-state index contributed by atoms with van der Waals surface area (Å²) in [5.74, 6) is 1.06. The van der Waals surface area contributed by atoms with Crippen LogP contribution in [0.25, 0.3) is 11.4 Å². The molecule has 20 heavy (non-hydrogen) atoms.